The Morgan fingerprint density at radius 2 is 1.34 bits per heavy atom. The Hall–Kier alpha value is -7.14. The predicted octanol–water partition coefficient (Wildman–Crippen LogP) is 4.93. The maximum Gasteiger partial charge on any atom is 0.417 e. The zero-order valence-electron chi connectivity index (χ0n) is 62.0. The summed E-state index contributed by atoms with van der Waals surface area (Å²) in [6.45, 7) is 8.73. The third-order valence-corrected chi connectivity index (χ3v) is 23.3. The smallest absolute Gasteiger partial charge is 0.379 e. The molecule has 103 heavy (non-hydrogen) atoms. The minimum Gasteiger partial charge on any atom is -0.379 e. The van der Waals surface area contributed by atoms with E-state index in [-0.39, 0.29) is 102 Å². The van der Waals surface area contributed by atoms with Crippen molar-refractivity contribution in [3.8, 4) is 0 Å². The first kappa shape index (κ1) is 81.5. The summed E-state index contributed by atoms with van der Waals surface area (Å²) in [6, 6.07) is -8.91. The quantitative estimate of drug-likeness (QED) is 0.196. The fraction of sp³-hybridized carbons (Fsp3) is 0.753. The number of amides is 12. The standard InChI is InChI=1S/C73H110ClF3N12O14/c1-12-15-16-24-53-62(92)79-60(44(4)14-3)69(99)82(7)45(5)64(94)88-36-32-55(88)67(97)85(10)57(43-102-37-13-2)66(96)81(6)40-58(90)78-52(31-27-46-26-30-50(51(74)38-46)73(75,76)77)65(95)87-35-21-25-54(87)63(93)80-72(33-19-20-34-72)71(101)86(11)61(47-22-17-18-23-47)70(100)84(9)56(39-59(91)83(53)8)68(98)89-48-28-29-49(89)42-103-41-48/h26,30,38,44-45,47-49,52-57,60-61H,12-25,27-29,31-37,39-43H2,1-11H3,(H,78,90)(H,79,92)(H,80,93)/t44-,45-,48?,49?,52-,53-,54-,55-,56-,57-,60-,61-/m0/s1. The van der Waals surface area contributed by atoms with E-state index in [0.29, 0.717) is 70.6 Å². The first-order chi connectivity index (χ1) is 48.8. The van der Waals surface area contributed by atoms with Crippen LogP contribution in [-0.2, 0) is 79.6 Å². The number of rotatable bonds is 15. The first-order valence-corrected chi connectivity index (χ1v) is 37.6. The average molecular weight is 1470 g/mol. The van der Waals surface area contributed by atoms with Crippen molar-refractivity contribution in [2.75, 3.05) is 88.3 Å². The molecular formula is C73H110ClF3N12O14. The monoisotopic (exact) mass is 1470 g/mol. The van der Waals surface area contributed by atoms with Gasteiger partial charge in [0.05, 0.1) is 55.5 Å². The number of morpholine rings is 1. The second-order valence-electron chi connectivity index (χ2n) is 29.8. The molecule has 30 heteroatoms. The van der Waals surface area contributed by atoms with Crippen LogP contribution in [0, 0.1) is 11.8 Å². The van der Waals surface area contributed by atoms with Gasteiger partial charge in [-0.25, -0.2) is 0 Å². The van der Waals surface area contributed by atoms with E-state index in [1.54, 1.807) is 11.8 Å². The average Bonchev–Trinajstić information content (AvgIpc) is 1.71. The van der Waals surface area contributed by atoms with Gasteiger partial charge in [0.25, 0.3) is 0 Å². The van der Waals surface area contributed by atoms with E-state index in [1.165, 1.54) is 84.7 Å². The number of nitrogens with zero attached hydrogens (tertiary/aromatic N) is 9. The number of benzene rings is 1. The van der Waals surface area contributed by atoms with Crippen LogP contribution in [-0.4, -0.2) is 275 Å². The van der Waals surface area contributed by atoms with Gasteiger partial charge in [0.2, 0.25) is 70.9 Å². The van der Waals surface area contributed by atoms with Crippen LogP contribution in [0.5, 0.6) is 0 Å². The largest absolute Gasteiger partial charge is 0.417 e. The molecule has 5 saturated heterocycles. The molecule has 1 spiro atoms. The lowest BCUT2D eigenvalue weighted by atomic mass is 9.90. The van der Waals surface area contributed by atoms with Crippen LogP contribution >= 0.6 is 11.6 Å². The van der Waals surface area contributed by atoms with E-state index < -0.39 is 172 Å². The minimum atomic E-state index is -4.77. The van der Waals surface area contributed by atoms with Crippen molar-refractivity contribution in [2.24, 2.45) is 11.8 Å². The summed E-state index contributed by atoms with van der Waals surface area (Å²) in [4.78, 5) is 193. The summed E-state index contributed by atoms with van der Waals surface area (Å²) in [5, 5.41) is 8.17. The zero-order valence-corrected chi connectivity index (χ0v) is 62.8. The highest BCUT2D eigenvalue weighted by molar-refractivity contribution is 6.31. The van der Waals surface area contributed by atoms with E-state index >= 15 is 33.6 Å². The zero-order chi connectivity index (χ0) is 75.5. The molecule has 0 radical (unpaired) electrons. The fourth-order valence-corrected chi connectivity index (χ4v) is 16.4. The maximum atomic E-state index is 15.9. The molecule has 7 fully saturated rings. The van der Waals surface area contributed by atoms with Crippen LogP contribution < -0.4 is 16.0 Å². The van der Waals surface area contributed by atoms with Crippen LogP contribution in [0.1, 0.15) is 181 Å². The number of unbranched alkanes of at least 4 members (excludes halogenated alkanes) is 2. The summed E-state index contributed by atoms with van der Waals surface area (Å²) in [7, 11) is 8.53. The molecular weight excluding hydrogens is 1360 g/mol. The number of carbonyl (C=O) groups excluding carboxylic acids is 12. The Balaban J connectivity index is 1.18. The van der Waals surface area contributed by atoms with Gasteiger partial charge in [0, 0.05) is 62.0 Å². The number of likely N-dealkylation sites (N-methyl/N-ethyl adjacent to an activating group) is 6. The van der Waals surface area contributed by atoms with Gasteiger partial charge in [-0.15, -0.1) is 0 Å². The minimum absolute atomic E-state index is 0.0202. The van der Waals surface area contributed by atoms with E-state index in [2.05, 4.69) is 16.0 Å². The first-order valence-electron chi connectivity index (χ1n) is 37.3. The van der Waals surface area contributed by atoms with Gasteiger partial charge in [0.15, 0.2) is 0 Å². The topological polar surface area (TPSA) is 289 Å². The van der Waals surface area contributed by atoms with Gasteiger partial charge >= 0.3 is 6.18 Å². The third kappa shape index (κ3) is 18.6. The number of hydrogen-bond acceptors (Lipinski definition) is 14. The Labute approximate surface area is 608 Å². The Kier molecular flexibility index (Phi) is 28.3. The fourth-order valence-electron chi connectivity index (χ4n) is 16.1. The predicted molar refractivity (Wildman–Crippen MR) is 375 cm³/mol. The molecule has 8 rings (SSSR count). The van der Waals surface area contributed by atoms with Crippen molar-refractivity contribution in [1.29, 1.82) is 0 Å². The molecule has 1 aromatic carbocycles. The van der Waals surface area contributed by atoms with Crippen LogP contribution in [0.4, 0.5) is 13.2 Å². The molecule has 2 bridgehead atoms. The molecule has 0 aromatic heterocycles. The second kappa shape index (κ2) is 35.8. The molecule has 2 aliphatic carbocycles. The molecule has 12 atom stereocenters. The third-order valence-electron chi connectivity index (χ3n) is 22.9. The molecule has 5 aliphatic heterocycles. The summed E-state index contributed by atoms with van der Waals surface area (Å²) in [5.74, 6) is -8.82. The number of hydrogen-bond donors (Lipinski definition) is 3. The lowest BCUT2D eigenvalue weighted by Crippen LogP contribution is -2.65. The van der Waals surface area contributed by atoms with Gasteiger partial charge in [-0.2, -0.15) is 13.2 Å². The van der Waals surface area contributed by atoms with Gasteiger partial charge < -0.3 is 69.5 Å². The van der Waals surface area contributed by atoms with Crippen molar-refractivity contribution in [3.63, 3.8) is 0 Å². The van der Waals surface area contributed by atoms with Crippen LogP contribution in [0.15, 0.2) is 18.2 Å². The molecule has 1 aromatic rings. The van der Waals surface area contributed by atoms with Crippen LogP contribution in [0.2, 0.25) is 5.02 Å². The van der Waals surface area contributed by atoms with Crippen molar-refractivity contribution >= 4 is 82.5 Å². The van der Waals surface area contributed by atoms with E-state index in [4.69, 9.17) is 21.1 Å². The van der Waals surface area contributed by atoms with Crippen molar-refractivity contribution in [3.05, 3.63) is 34.3 Å². The Morgan fingerprint density at radius 3 is 1.94 bits per heavy atom. The molecule has 2 saturated carbocycles. The highest BCUT2D eigenvalue weighted by Crippen LogP contribution is 2.39. The number of nitrogens with one attached hydrogen (secondary N) is 3. The van der Waals surface area contributed by atoms with Crippen molar-refractivity contribution in [2.45, 2.75) is 254 Å². The number of fused-ring (bicyclic) bond motifs is 4. The molecule has 7 aliphatic rings. The van der Waals surface area contributed by atoms with Gasteiger partial charge in [-0.1, -0.05) is 96.7 Å². The SMILES string of the molecule is CCCCC[C@H]1C(=O)N[C@@H]([C@@H](C)CC)C(=O)N(C)[C@@H](C)C(=O)N2CC[C@H]2C(=O)N(C)[C@@H](COCCC)C(=O)N(C)CC(=O)N[C@@H](CCc2ccc(C(F)(F)F)c(Cl)c2)C(=O)N2CCC[C@H]2C(=O)NC2(CCCC2)C(=O)N(C)[C@@H](C2CCCC2)C(=O)N(C)[C@H](C(=O)N2C3CCC2COC3)CC(=O)N1C. The lowest BCUT2D eigenvalue weighted by molar-refractivity contribution is -0.161. The van der Waals surface area contributed by atoms with Gasteiger partial charge in [-0.3, -0.25) is 57.5 Å². The number of ether oxygens (including phenoxy) is 2. The second-order valence-corrected chi connectivity index (χ2v) is 30.2. The number of alkyl halides is 3. The number of aryl methyl sites for hydroxylation is 1. The van der Waals surface area contributed by atoms with E-state index in [9.17, 15) is 37.1 Å². The van der Waals surface area contributed by atoms with Crippen LogP contribution in [0.25, 0.3) is 0 Å². The summed E-state index contributed by atoms with van der Waals surface area (Å²) < 4.78 is 53.4. The summed E-state index contributed by atoms with van der Waals surface area (Å²) in [5.41, 5.74) is -2.38. The molecule has 12 amide bonds. The van der Waals surface area contributed by atoms with Gasteiger partial charge in [0.1, 0.15) is 59.9 Å². The lowest BCUT2D eigenvalue weighted by Gasteiger charge is -2.45. The molecule has 574 valence electrons. The summed E-state index contributed by atoms with van der Waals surface area (Å²) in [6.07, 6.45) is 3.12. The Bertz CT molecular complexity index is 3250. The van der Waals surface area contributed by atoms with E-state index in [0.717, 1.165) is 41.2 Å². The van der Waals surface area contributed by atoms with E-state index in [1.807, 2.05) is 20.8 Å². The highest BCUT2D eigenvalue weighted by Gasteiger charge is 2.53. The van der Waals surface area contributed by atoms with Crippen molar-refractivity contribution < 1.29 is 80.2 Å². The number of carbonyl (C=O) groups is 12. The Morgan fingerprint density at radius 1 is 0.680 bits per heavy atom. The highest BCUT2D eigenvalue weighted by atomic mass is 35.5. The molecule has 5 heterocycles. The van der Waals surface area contributed by atoms with Gasteiger partial charge in [-0.05, 0) is 120 Å². The molecule has 2 unspecified atom stereocenters. The molecule has 26 nitrogen and oxygen atoms in total. The van der Waals surface area contributed by atoms with Crippen molar-refractivity contribution in [1.82, 2.24) is 60.0 Å². The summed E-state index contributed by atoms with van der Waals surface area (Å²) >= 11 is 6.16. The maximum absolute atomic E-state index is 15.9. The van der Waals surface area contributed by atoms with Crippen LogP contribution in [0.3, 0.4) is 0 Å². The molecule has 3 N–H and O–H groups in total. The number of halogens is 4. The normalized spacial score (nSPS) is 29.0.